The molecule has 6 nitrogen and oxygen atoms in total. The Kier molecular flexibility index (Phi) is 5.46. The van der Waals surface area contributed by atoms with Gasteiger partial charge in [-0.25, -0.2) is 4.79 Å². The van der Waals surface area contributed by atoms with Crippen LogP contribution in [0, 0.1) is 0 Å². The van der Waals surface area contributed by atoms with Crippen molar-refractivity contribution in [3.8, 4) is 5.75 Å². The summed E-state index contributed by atoms with van der Waals surface area (Å²) in [5.41, 5.74) is 0.979. The molecule has 0 spiro atoms. The van der Waals surface area contributed by atoms with Gasteiger partial charge in [0.1, 0.15) is 11.8 Å². The number of hydrogen-bond acceptors (Lipinski definition) is 6. The number of nitrogens with one attached hydrogen (secondary N) is 1. The number of thioether (sulfide) groups is 1. The van der Waals surface area contributed by atoms with E-state index in [0.29, 0.717) is 18.1 Å². The quantitative estimate of drug-likeness (QED) is 0.768. The van der Waals surface area contributed by atoms with Crippen LogP contribution in [-0.2, 0) is 14.3 Å². The van der Waals surface area contributed by atoms with Gasteiger partial charge in [-0.1, -0.05) is 12.1 Å². The molecule has 0 unspecified atom stereocenters. The number of carbonyl (C=O) groups is 2. The number of ether oxygens (including phenoxy) is 2. The van der Waals surface area contributed by atoms with Crippen molar-refractivity contribution < 1.29 is 24.2 Å². The normalized spacial score (nSPS) is 21.0. The number of carbonyl (C=O) groups excluding carboxylic acids is 1. The third kappa shape index (κ3) is 4.37. The lowest BCUT2D eigenvalue weighted by Crippen LogP contribution is -2.33. The molecule has 1 aromatic carbocycles. The van der Waals surface area contributed by atoms with E-state index in [1.54, 1.807) is 30.8 Å². The molecule has 0 aromatic heterocycles. The Labute approximate surface area is 126 Å². The molecule has 0 radical (unpaired) electrons. The Balaban J connectivity index is 1.88. The first-order valence-corrected chi connectivity index (χ1v) is 7.64. The molecule has 0 saturated carbocycles. The molecule has 21 heavy (non-hydrogen) atoms. The van der Waals surface area contributed by atoms with E-state index in [0.717, 1.165) is 5.56 Å². The maximum Gasteiger partial charge on any atom is 0.344 e. The van der Waals surface area contributed by atoms with Crippen LogP contribution in [-0.4, -0.2) is 42.1 Å². The average molecular weight is 311 g/mol. The predicted octanol–water partition coefficient (Wildman–Crippen LogP) is 1.42. The number of rotatable bonds is 6. The predicted molar refractivity (Wildman–Crippen MR) is 78.3 cm³/mol. The summed E-state index contributed by atoms with van der Waals surface area (Å²) in [7, 11) is 0. The van der Waals surface area contributed by atoms with Gasteiger partial charge in [-0.2, -0.15) is 0 Å². The van der Waals surface area contributed by atoms with Gasteiger partial charge in [0.2, 0.25) is 0 Å². The van der Waals surface area contributed by atoms with Gasteiger partial charge in [0.15, 0.2) is 6.61 Å². The molecule has 1 aliphatic rings. The van der Waals surface area contributed by atoms with Crippen molar-refractivity contribution in [3.05, 3.63) is 29.8 Å². The van der Waals surface area contributed by atoms with Crippen LogP contribution in [0.25, 0.3) is 0 Å². The van der Waals surface area contributed by atoms with Crippen molar-refractivity contribution >= 4 is 23.7 Å². The largest absolute Gasteiger partial charge is 0.482 e. The molecule has 1 aliphatic heterocycles. The lowest BCUT2D eigenvalue weighted by atomic mass is 10.2. The van der Waals surface area contributed by atoms with E-state index in [1.807, 2.05) is 12.1 Å². The molecule has 1 aromatic rings. The summed E-state index contributed by atoms with van der Waals surface area (Å²) in [6.07, 6.45) is 0. The zero-order chi connectivity index (χ0) is 15.2. The summed E-state index contributed by atoms with van der Waals surface area (Å²) in [5.74, 6) is -0.121. The van der Waals surface area contributed by atoms with E-state index in [9.17, 15) is 9.59 Å². The van der Waals surface area contributed by atoms with Gasteiger partial charge in [0, 0.05) is 5.75 Å². The molecule has 2 rings (SSSR count). The van der Waals surface area contributed by atoms with Crippen LogP contribution in [0.4, 0.5) is 0 Å². The molecule has 7 heteroatoms. The highest BCUT2D eigenvalue weighted by Gasteiger charge is 2.30. The average Bonchev–Trinajstić information content (AvgIpc) is 2.96. The van der Waals surface area contributed by atoms with Crippen molar-refractivity contribution in [1.29, 1.82) is 0 Å². The third-order valence-electron chi connectivity index (χ3n) is 2.93. The second-order valence-electron chi connectivity index (χ2n) is 4.43. The Morgan fingerprint density at radius 3 is 2.67 bits per heavy atom. The maximum atomic E-state index is 11.2. The van der Waals surface area contributed by atoms with Crippen LogP contribution in [0.1, 0.15) is 17.9 Å². The Bertz CT molecular complexity index is 505. The minimum absolute atomic E-state index is 0.0368. The first-order chi connectivity index (χ1) is 10.1. The molecule has 0 bridgehead atoms. The van der Waals surface area contributed by atoms with Gasteiger partial charge in [0.25, 0.3) is 0 Å². The zero-order valence-corrected chi connectivity index (χ0v) is 12.4. The number of benzene rings is 1. The van der Waals surface area contributed by atoms with Crippen LogP contribution in [0.5, 0.6) is 5.75 Å². The van der Waals surface area contributed by atoms with E-state index in [1.165, 1.54) is 0 Å². The number of carboxylic acids is 1. The Hall–Kier alpha value is -1.73. The standard InChI is InChI=1S/C14H17NO5S/c1-2-19-12(16)7-20-10-5-3-9(4-6-10)13-15-11(8-21-13)14(17)18/h3-6,11,13,15H,2,7-8H2,1H3,(H,17,18)/t11-,13+/m1/s1. The van der Waals surface area contributed by atoms with Gasteiger partial charge in [0.05, 0.1) is 12.0 Å². The van der Waals surface area contributed by atoms with Crippen molar-refractivity contribution in [2.24, 2.45) is 0 Å². The SMILES string of the molecule is CCOC(=O)COc1ccc([C@H]2N[C@@H](C(=O)O)CS2)cc1. The molecule has 1 fully saturated rings. The fraction of sp³-hybridized carbons (Fsp3) is 0.429. The van der Waals surface area contributed by atoms with Crippen LogP contribution < -0.4 is 10.1 Å². The highest BCUT2D eigenvalue weighted by Crippen LogP contribution is 2.33. The summed E-state index contributed by atoms with van der Waals surface area (Å²) in [6, 6.07) is 6.71. The molecule has 0 aliphatic carbocycles. The van der Waals surface area contributed by atoms with Crippen molar-refractivity contribution in [1.82, 2.24) is 5.32 Å². The molecular weight excluding hydrogens is 294 g/mol. The van der Waals surface area contributed by atoms with Gasteiger partial charge in [-0.05, 0) is 24.6 Å². The Morgan fingerprint density at radius 2 is 2.10 bits per heavy atom. The molecule has 2 N–H and O–H groups in total. The van der Waals surface area contributed by atoms with E-state index in [4.69, 9.17) is 14.6 Å². The number of aliphatic carboxylic acids is 1. The summed E-state index contributed by atoms with van der Waals surface area (Å²) >= 11 is 1.56. The number of hydrogen-bond donors (Lipinski definition) is 2. The van der Waals surface area contributed by atoms with Gasteiger partial charge in [-0.15, -0.1) is 11.8 Å². The molecule has 0 amide bonds. The summed E-state index contributed by atoms with van der Waals surface area (Å²) in [4.78, 5) is 22.1. The fourth-order valence-corrected chi connectivity index (χ4v) is 3.12. The van der Waals surface area contributed by atoms with Gasteiger partial charge >= 0.3 is 11.9 Å². The number of esters is 1. The smallest absolute Gasteiger partial charge is 0.344 e. The number of carboxylic acid groups (broad SMARTS) is 1. The monoisotopic (exact) mass is 311 g/mol. The van der Waals surface area contributed by atoms with Crippen molar-refractivity contribution in [3.63, 3.8) is 0 Å². The van der Waals surface area contributed by atoms with Crippen LogP contribution in [0.3, 0.4) is 0 Å². The van der Waals surface area contributed by atoms with E-state index < -0.39 is 18.0 Å². The summed E-state index contributed by atoms with van der Waals surface area (Å²) in [6.45, 7) is 1.95. The third-order valence-corrected chi connectivity index (χ3v) is 4.19. The second-order valence-corrected chi connectivity index (χ2v) is 5.57. The van der Waals surface area contributed by atoms with Gasteiger partial charge < -0.3 is 14.6 Å². The first-order valence-electron chi connectivity index (χ1n) is 6.59. The van der Waals surface area contributed by atoms with Crippen molar-refractivity contribution in [2.75, 3.05) is 19.0 Å². The fourth-order valence-electron chi connectivity index (χ4n) is 1.89. The second kappa shape index (κ2) is 7.33. The molecular formula is C14H17NO5S. The molecule has 2 atom stereocenters. The van der Waals surface area contributed by atoms with Crippen LogP contribution in [0.15, 0.2) is 24.3 Å². The summed E-state index contributed by atoms with van der Waals surface area (Å²) in [5, 5.41) is 12.0. The van der Waals surface area contributed by atoms with Gasteiger partial charge in [-0.3, -0.25) is 10.1 Å². The van der Waals surface area contributed by atoms with E-state index in [2.05, 4.69) is 5.32 Å². The lowest BCUT2D eigenvalue weighted by molar-refractivity contribution is -0.145. The first kappa shape index (κ1) is 15.7. The lowest BCUT2D eigenvalue weighted by Gasteiger charge is -2.12. The highest BCUT2D eigenvalue weighted by molar-refractivity contribution is 7.99. The Morgan fingerprint density at radius 1 is 1.38 bits per heavy atom. The molecule has 1 saturated heterocycles. The topological polar surface area (TPSA) is 84.9 Å². The highest BCUT2D eigenvalue weighted by atomic mass is 32.2. The zero-order valence-electron chi connectivity index (χ0n) is 11.6. The van der Waals surface area contributed by atoms with E-state index >= 15 is 0 Å². The minimum Gasteiger partial charge on any atom is -0.482 e. The summed E-state index contributed by atoms with van der Waals surface area (Å²) < 4.78 is 10.1. The van der Waals surface area contributed by atoms with E-state index in [-0.39, 0.29) is 12.0 Å². The minimum atomic E-state index is -0.834. The molecule has 1 heterocycles. The van der Waals surface area contributed by atoms with Crippen molar-refractivity contribution in [2.45, 2.75) is 18.3 Å². The van der Waals surface area contributed by atoms with Crippen LogP contribution in [0.2, 0.25) is 0 Å². The maximum absolute atomic E-state index is 11.2. The molecule has 114 valence electrons. The van der Waals surface area contributed by atoms with Crippen LogP contribution >= 0.6 is 11.8 Å².